The van der Waals surface area contributed by atoms with Crippen molar-refractivity contribution in [2.24, 2.45) is 5.73 Å². The maximum absolute atomic E-state index is 11.7. The van der Waals surface area contributed by atoms with Crippen LogP contribution in [-0.4, -0.2) is 43.8 Å². The topological polar surface area (TPSA) is 58.8 Å². The van der Waals surface area contributed by atoms with Gasteiger partial charge in [-0.15, -0.1) is 0 Å². The summed E-state index contributed by atoms with van der Waals surface area (Å²) in [4.78, 5) is 15.6. The van der Waals surface area contributed by atoms with Crippen molar-refractivity contribution in [1.82, 2.24) is 4.90 Å². The standard InChI is InChI=1S/C15H22ClN3O2/c1-3-21-15(20)19-8-6-18(7-9-19)14-5-4-12(11(2)17)10-13(14)16/h4-5,10-11H,3,6-9,17H2,1-2H3/t11-/m1/s1. The second-order valence-electron chi connectivity index (χ2n) is 5.17. The van der Waals surface area contributed by atoms with Crippen molar-refractivity contribution in [3.8, 4) is 0 Å². The molecule has 5 nitrogen and oxygen atoms in total. The highest BCUT2D eigenvalue weighted by atomic mass is 35.5. The van der Waals surface area contributed by atoms with Gasteiger partial charge in [-0.25, -0.2) is 4.79 Å². The van der Waals surface area contributed by atoms with E-state index in [0.29, 0.717) is 24.7 Å². The lowest BCUT2D eigenvalue weighted by Gasteiger charge is -2.36. The summed E-state index contributed by atoms with van der Waals surface area (Å²) < 4.78 is 5.02. The first-order chi connectivity index (χ1) is 10.0. The molecule has 0 saturated carbocycles. The molecule has 1 aliphatic rings. The van der Waals surface area contributed by atoms with Crippen molar-refractivity contribution < 1.29 is 9.53 Å². The van der Waals surface area contributed by atoms with E-state index >= 15 is 0 Å². The molecular formula is C15H22ClN3O2. The van der Waals surface area contributed by atoms with Crippen molar-refractivity contribution in [3.63, 3.8) is 0 Å². The Labute approximate surface area is 130 Å². The number of halogens is 1. The maximum atomic E-state index is 11.7. The van der Waals surface area contributed by atoms with Gasteiger partial charge in [0, 0.05) is 32.2 Å². The smallest absolute Gasteiger partial charge is 0.409 e. The summed E-state index contributed by atoms with van der Waals surface area (Å²) in [5.74, 6) is 0. The molecule has 0 bridgehead atoms. The number of rotatable bonds is 3. The number of nitrogens with two attached hydrogens (primary N) is 1. The number of carbonyl (C=O) groups is 1. The number of hydrogen-bond acceptors (Lipinski definition) is 4. The van der Waals surface area contributed by atoms with Crippen molar-refractivity contribution in [2.75, 3.05) is 37.7 Å². The molecule has 6 heteroatoms. The van der Waals surface area contributed by atoms with Crippen LogP contribution in [0.4, 0.5) is 10.5 Å². The Morgan fingerprint density at radius 3 is 2.57 bits per heavy atom. The number of carbonyl (C=O) groups excluding carboxylic acids is 1. The number of ether oxygens (including phenoxy) is 1. The second-order valence-corrected chi connectivity index (χ2v) is 5.58. The fourth-order valence-corrected chi connectivity index (χ4v) is 2.72. The van der Waals surface area contributed by atoms with E-state index in [1.807, 2.05) is 32.0 Å². The SMILES string of the molecule is CCOC(=O)N1CCN(c2ccc([C@@H](C)N)cc2Cl)CC1. The zero-order valence-electron chi connectivity index (χ0n) is 12.5. The monoisotopic (exact) mass is 311 g/mol. The molecule has 0 aromatic heterocycles. The molecule has 116 valence electrons. The van der Waals surface area contributed by atoms with E-state index in [1.54, 1.807) is 4.90 Å². The predicted molar refractivity (Wildman–Crippen MR) is 84.9 cm³/mol. The number of nitrogens with zero attached hydrogens (tertiary/aromatic N) is 2. The molecule has 0 spiro atoms. The van der Waals surface area contributed by atoms with E-state index in [1.165, 1.54) is 0 Å². The highest BCUT2D eigenvalue weighted by molar-refractivity contribution is 6.33. The lowest BCUT2D eigenvalue weighted by Crippen LogP contribution is -2.49. The first-order valence-electron chi connectivity index (χ1n) is 7.24. The minimum Gasteiger partial charge on any atom is -0.450 e. The molecule has 2 rings (SSSR count). The summed E-state index contributed by atoms with van der Waals surface area (Å²) in [5, 5.41) is 0.703. The number of hydrogen-bond donors (Lipinski definition) is 1. The number of amides is 1. The van der Waals surface area contributed by atoms with Crippen molar-refractivity contribution in [1.29, 1.82) is 0 Å². The van der Waals surface area contributed by atoms with Gasteiger partial charge in [-0.05, 0) is 31.5 Å². The fourth-order valence-electron chi connectivity index (χ4n) is 2.41. The predicted octanol–water partition coefficient (Wildman–Crippen LogP) is 2.64. The minimum atomic E-state index is -0.240. The average Bonchev–Trinajstić information content (AvgIpc) is 2.47. The third-order valence-corrected chi connectivity index (χ3v) is 3.95. The lowest BCUT2D eigenvalue weighted by molar-refractivity contribution is 0.105. The summed E-state index contributed by atoms with van der Waals surface area (Å²) in [7, 11) is 0. The van der Waals surface area contributed by atoms with Crippen LogP contribution in [0, 0.1) is 0 Å². The van der Waals surface area contributed by atoms with Gasteiger partial charge in [0.15, 0.2) is 0 Å². The molecular weight excluding hydrogens is 290 g/mol. The molecule has 1 heterocycles. The van der Waals surface area contributed by atoms with Gasteiger partial charge in [-0.3, -0.25) is 0 Å². The molecule has 1 atom stereocenters. The van der Waals surface area contributed by atoms with Crippen LogP contribution < -0.4 is 10.6 Å². The average molecular weight is 312 g/mol. The molecule has 2 N–H and O–H groups in total. The van der Waals surface area contributed by atoms with Crippen LogP contribution in [0.1, 0.15) is 25.5 Å². The summed E-state index contributed by atoms with van der Waals surface area (Å²) in [6.07, 6.45) is -0.240. The molecule has 0 radical (unpaired) electrons. The van der Waals surface area contributed by atoms with Crippen LogP contribution in [0.3, 0.4) is 0 Å². The zero-order chi connectivity index (χ0) is 15.4. The van der Waals surface area contributed by atoms with Crippen molar-refractivity contribution in [3.05, 3.63) is 28.8 Å². The third-order valence-electron chi connectivity index (χ3n) is 3.64. The van der Waals surface area contributed by atoms with E-state index in [0.717, 1.165) is 24.3 Å². The first kappa shape index (κ1) is 15.9. The van der Waals surface area contributed by atoms with Gasteiger partial charge in [0.1, 0.15) is 0 Å². The van der Waals surface area contributed by atoms with E-state index < -0.39 is 0 Å². The quantitative estimate of drug-likeness (QED) is 0.932. The van der Waals surface area contributed by atoms with Crippen LogP contribution in [0.25, 0.3) is 0 Å². The maximum Gasteiger partial charge on any atom is 0.409 e. The van der Waals surface area contributed by atoms with Crippen molar-refractivity contribution >= 4 is 23.4 Å². The molecule has 0 aliphatic carbocycles. The Morgan fingerprint density at radius 2 is 2.05 bits per heavy atom. The fraction of sp³-hybridized carbons (Fsp3) is 0.533. The zero-order valence-corrected chi connectivity index (χ0v) is 13.3. The molecule has 1 aromatic rings. The van der Waals surface area contributed by atoms with Gasteiger partial charge >= 0.3 is 6.09 Å². The summed E-state index contributed by atoms with van der Waals surface area (Å²) >= 11 is 6.35. The van der Waals surface area contributed by atoms with E-state index in [-0.39, 0.29) is 12.1 Å². The summed E-state index contributed by atoms with van der Waals surface area (Å²) in [6.45, 7) is 6.93. The van der Waals surface area contributed by atoms with Gasteiger partial charge in [-0.1, -0.05) is 17.7 Å². The van der Waals surface area contributed by atoms with Gasteiger partial charge in [0.25, 0.3) is 0 Å². The normalized spacial score (nSPS) is 16.8. The first-order valence-corrected chi connectivity index (χ1v) is 7.62. The molecule has 1 saturated heterocycles. The van der Waals surface area contributed by atoms with E-state index in [9.17, 15) is 4.79 Å². The summed E-state index contributed by atoms with van der Waals surface area (Å²) in [6, 6.07) is 5.89. The highest BCUT2D eigenvalue weighted by Gasteiger charge is 2.23. The van der Waals surface area contributed by atoms with E-state index in [4.69, 9.17) is 22.1 Å². The van der Waals surface area contributed by atoms with Crippen LogP contribution >= 0.6 is 11.6 Å². The van der Waals surface area contributed by atoms with Gasteiger partial charge < -0.3 is 20.3 Å². The molecule has 1 amide bonds. The Bertz CT molecular complexity index is 500. The molecule has 1 fully saturated rings. The number of anilines is 1. The number of benzene rings is 1. The van der Waals surface area contributed by atoms with Crippen LogP contribution in [0.15, 0.2) is 18.2 Å². The minimum absolute atomic E-state index is 0.0304. The molecule has 0 unspecified atom stereocenters. The van der Waals surface area contributed by atoms with Crippen molar-refractivity contribution in [2.45, 2.75) is 19.9 Å². The Balaban J connectivity index is 2.01. The van der Waals surface area contributed by atoms with Gasteiger partial charge in [0.05, 0.1) is 17.3 Å². The van der Waals surface area contributed by atoms with Crippen LogP contribution in [-0.2, 0) is 4.74 Å². The number of piperazine rings is 1. The van der Waals surface area contributed by atoms with Crippen LogP contribution in [0.2, 0.25) is 5.02 Å². The molecule has 1 aromatic carbocycles. The second kappa shape index (κ2) is 7.00. The summed E-state index contributed by atoms with van der Waals surface area (Å²) in [5.41, 5.74) is 7.87. The van der Waals surface area contributed by atoms with E-state index in [2.05, 4.69) is 4.90 Å². The van der Waals surface area contributed by atoms with Gasteiger partial charge in [-0.2, -0.15) is 0 Å². The Kier molecular flexibility index (Phi) is 5.31. The lowest BCUT2D eigenvalue weighted by atomic mass is 10.1. The Hall–Kier alpha value is -1.46. The Morgan fingerprint density at radius 1 is 1.38 bits per heavy atom. The molecule has 1 aliphatic heterocycles. The van der Waals surface area contributed by atoms with Gasteiger partial charge in [0.2, 0.25) is 0 Å². The molecule has 21 heavy (non-hydrogen) atoms. The highest BCUT2D eigenvalue weighted by Crippen LogP contribution is 2.29. The largest absolute Gasteiger partial charge is 0.450 e. The van der Waals surface area contributed by atoms with Crippen LogP contribution in [0.5, 0.6) is 0 Å². The third kappa shape index (κ3) is 3.80.